The molecule has 0 radical (unpaired) electrons. The summed E-state index contributed by atoms with van der Waals surface area (Å²) in [6, 6.07) is 3.87. The number of hydrogen-bond acceptors (Lipinski definition) is 4. The number of halogens is 2. The summed E-state index contributed by atoms with van der Waals surface area (Å²) >= 11 is 5.99. The number of aryl methyl sites for hydroxylation is 2. The van der Waals surface area contributed by atoms with Crippen LogP contribution in [0.4, 0.5) is 4.39 Å². The van der Waals surface area contributed by atoms with E-state index in [4.69, 9.17) is 16.1 Å². The second-order valence-corrected chi connectivity index (χ2v) is 6.40. The van der Waals surface area contributed by atoms with E-state index in [-0.39, 0.29) is 10.9 Å². The van der Waals surface area contributed by atoms with E-state index in [1.165, 1.54) is 18.2 Å². The number of benzene rings is 1. The molecule has 128 valence electrons. The standard InChI is InChI=1S/C17H19ClFN3O2/c1-11-15(12(2)24-20-11)10-21-5-7-22(8-6-21)17(23)14-4-3-13(19)9-16(14)18/h3-4,9H,5-8,10H2,1-2H3. The minimum Gasteiger partial charge on any atom is -0.361 e. The number of rotatable bonds is 3. The Balaban J connectivity index is 1.61. The second kappa shape index (κ2) is 6.91. The highest BCUT2D eigenvalue weighted by atomic mass is 35.5. The summed E-state index contributed by atoms with van der Waals surface area (Å²) in [6.45, 7) is 7.34. The van der Waals surface area contributed by atoms with Gasteiger partial charge in [0, 0.05) is 38.3 Å². The highest BCUT2D eigenvalue weighted by Gasteiger charge is 2.24. The SMILES string of the molecule is Cc1noc(C)c1CN1CCN(C(=O)c2ccc(F)cc2Cl)CC1. The molecule has 1 aliphatic rings. The first-order chi connectivity index (χ1) is 11.5. The average molecular weight is 352 g/mol. The van der Waals surface area contributed by atoms with Gasteiger partial charge in [0.1, 0.15) is 11.6 Å². The van der Waals surface area contributed by atoms with E-state index < -0.39 is 5.82 Å². The van der Waals surface area contributed by atoms with Crippen molar-refractivity contribution >= 4 is 17.5 Å². The molecule has 0 unspecified atom stereocenters. The van der Waals surface area contributed by atoms with Crippen molar-refractivity contribution in [3.8, 4) is 0 Å². The molecule has 0 spiro atoms. The van der Waals surface area contributed by atoms with E-state index in [0.29, 0.717) is 18.7 Å². The zero-order chi connectivity index (χ0) is 17.3. The summed E-state index contributed by atoms with van der Waals surface area (Å²) in [5, 5.41) is 4.12. The van der Waals surface area contributed by atoms with Gasteiger partial charge in [0.05, 0.1) is 16.3 Å². The minimum atomic E-state index is -0.444. The van der Waals surface area contributed by atoms with Crippen LogP contribution in [0.5, 0.6) is 0 Å². The Kier molecular flexibility index (Phi) is 4.87. The molecule has 24 heavy (non-hydrogen) atoms. The molecule has 5 nitrogen and oxygen atoms in total. The Morgan fingerprint density at radius 1 is 1.29 bits per heavy atom. The molecule has 0 bridgehead atoms. The average Bonchev–Trinajstić information content (AvgIpc) is 2.87. The molecule has 0 saturated carbocycles. The number of carbonyl (C=O) groups excluding carboxylic acids is 1. The molecule has 1 amide bonds. The van der Waals surface area contributed by atoms with Gasteiger partial charge in [0.25, 0.3) is 5.91 Å². The van der Waals surface area contributed by atoms with Crippen LogP contribution in [0.25, 0.3) is 0 Å². The lowest BCUT2D eigenvalue weighted by atomic mass is 10.1. The Hall–Kier alpha value is -1.92. The largest absolute Gasteiger partial charge is 0.361 e. The van der Waals surface area contributed by atoms with Crippen LogP contribution in [0.2, 0.25) is 5.02 Å². The first-order valence-corrected chi connectivity index (χ1v) is 8.22. The lowest BCUT2D eigenvalue weighted by molar-refractivity contribution is 0.0627. The number of amides is 1. The molecule has 2 aromatic rings. The van der Waals surface area contributed by atoms with Gasteiger partial charge in [0.2, 0.25) is 0 Å². The molecule has 1 fully saturated rings. The van der Waals surface area contributed by atoms with E-state index in [2.05, 4.69) is 10.1 Å². The van der Waals surface area contributed by atoms with Crippen LogP contribution in [0.15, 0.2) is 22.7 Å². The fourth-order valence-corrected chi connectivity index (χ4v) is 3.14. The number of nitrogens with zero attached hydrogens (tertiary/aromatic N) is 3. The Morgan fingerprint density at radius 3 is 2.58 bits per heavy atom. The van der Waals surface area contributed by atoms with Gasteiger partial charge in [-0.2, -0.15) is 0 Å². The van der Waals surface area contributed by atoms with Crippen molar-refractivity contribution in [3.05, 3.63) is 51.6 Å². The van der Waals surface area contributed by atoms with E-state index in [1.807, 2.05) is 13.8 Å². The van der Waals surface area contributed by atoms with Crippen molar-refractivity contribution in [3.63, 3.8) is 0 Å². The molecule has 1 saturated heterocycles. The predicted octanol–water partition coefficient (Wildman–Crippen LogP) is 3.04. The molecule has 0 aliphatic carbocycles. The first-order valence-electron chi connectivity index (χ1n) is 7.84. The van der Waals surface area contributed by atoms with Crippen molar-refractivity contribution in [1.29, 1.82) is 0 Å². The number of aromatic nitrogens is 1. The van der Waals surface area contributed by atoms with Gasteiger partial charge in [-0.25, -0.2) is 4.39 Å². The van der Waals surface area contributed by atoms with Crippen molar-refractivity contribution in [2.45, 2.75) is 20.4 Å². The smallest absolute Gasteiger partial charge is 0.255 e. The maximum Gasteiger partial charge on any atom is 0.255 e. The molecule has 1 aliphatic heterocycles. The van der Waals surface area contributed by atoms with Gasteiger partial charge in [0.15, 0.2) is 0 Å². The van der Waals surface area contributed by atoms with Crippen LogP contribution in [-0.4, -0.2) is 47.0 Å². The highest BCUT2D eigenvalue weighted by molar-refractivity contribution is 6.33. The van der Waals surface area contributed by atoms with Gasteiger partial charge in [-0.15, -0.1) is 0 Å². The number of carbonyl (C=O) groups is 1. The summed E-state index contributed by atoms with van der Waals surface area (Å²) < 4.78 is 18.3. The lowest BCUT2D eigenvalue weighted by Crippen LogP contribution is -2.48. The molecular formula is C17H19ClFN3O2. The van der Waals surface area contributed by atoms with Crippen LogP contribution in [0.1, 0.15) is 27.4 Å². The topological polar surface area (TPSA) is 49.6 Å². The summed E-state index contributed by atoms with van der Waals surface area (Å²) in [5.41, 5.74) is 2.36. The third-order valence-corrected chi connectivity index (χ3v) is 4.70. The van der Waals surface area contributed by atoms with Crippen molar-refractivity contribution in [1.82, 2.24) is 15.0 Å². The Labute approximate surface area is 145 Å². The summed E-state index contributed by atoms with van der Waals surface area (Å²) in [4.78, 5) is 16.6. The highest BCUT2D eigenvalue weighted by Crippen LogP contribution is 2.21. The zero-order valence-electron chi connectivity index (χ0n) is 13.7. The second-order valence-electron chi connectivity index (χ2n) is 6.00. The van der Waals surface area contributed by atoms with Gasteiger partial charge in [-0.3, -0.25) is 9.69 Å². The molecule has 3 rings (SSSR count). The third kappa shape index (κ3) is 3.44. The zero-order valence-corrected chi connectivity index (χ0v) is 14.4. The quantitative estimate of drug-likeness (QED) is 0.852. The van der Waals surface area contributed by atoms with Crippen LogP contribution in [-0.2, 0) is 6.54 Å². The van der Waals surface area contributed by atoms with Gasteiger partial charge in [-0.05, 0) is 32.0 Å². The molecule has 2 heterocycles. The molecule has 0 N–H and O–H groups in total. The van der Waals surface area contributed by atoms with Gasteiger partial charge < -0.3 is 9.42 Å². The van der Waals surface area contributed by atoms with E-state index in [9.17, 15) is 9.18 Å². The van der Waals surface area contributed by atoms with Gasteiger partial charge in [-0.1, -0.05) is 16.8 Å². The maximum absolute atomic E-state index is 13.1. The van der Waals surface area contributed by atoms with Crippen LogP contribution >= 0.6 is 11.6 Å². The van der Waals surface area contributed by atoms with E-state index in [1.54, 1.807) is 4.90 Å². The maximum atomic E-state index is 13.1. The van der Waals surface area contributed by atoms with E-state index >= 15 is 0 Å². The van der Waals surface area contributed by atoms with Crippen LogP contribution in [0.3, 0.4) is 0 Å². The summed E-state index contributed by atoms with van der Waals surface area (Å²) in [7, 11) is 0. The Morgan fingerprint density at radius 2 is 2.00 bits per heavy atom. The summed E-state index contributed by atoms with van der Waals surface area (Å²) in [5.74, 6) is 0.238. The van der Waals surface area contributed by atoms with Crippen molar-refractivity contribution < 1.29 is 13.7 Å². The fraction of sp³-hybridized carbons (Fsp3) is 0.412. The molecule has 0 atom stereocenters. The summed E-state index contributed by atoms with van der Waals surface area (Å²) in [6.07, 6.45) is 0. The van der Waals surface area contributed by atoms with Crippen molar-refractivity contribution in [2.75, 3.05) is 26.2 Å². The number of piperazine rings is 1. The molecule has 7 heteroatoms. The minimum absolute atomic E-state index is 0.151. The van der Waals surface area contributed by atoms with Crippen LogP contribution < -0.4 is 0 Å². The first kappa shape index (κ1) is 16.9. The van der Waals surface area contributed by atoms with Crippen molar-refractivity contribution in [2.24, 2.45) is 0 Å². The Bertz CT molecular complexity index is 735. The normalized spacial score (nSPS) is 15.8. The third-order valence-electron chi connectivity index (χ3n) is 4.38. The fourth-order valence-electron chi connectivity index (χ4n) is 2.89. The van der Waals surface area contributed by atoms with Gasteiger partial charge >= 0.3 is 0 Å². The monoisotopic (exact) mass is 351 g/mol. The predicted molar refractivity (Wildman–Crippen MR) is 88.6 cm³/mol. The lowest BCUT2D eigenvalue weighted by Gasteiger charge is -2.34. The van der Waals surface area contributed by atoms with Crippen LogP contribution in [0, 0.1) is 19.7 Å². The molecule has 1 aromatic carbocycles. The molecule has 1 aromatic heterocycles. The van der Waals surface area contributed by atoms with E-state index in [0.717, 1.165) is 36.7 Å². The molecular weight excluding hydrogens is 333 g/mol. The number of hydrogen-bond donors (Lipinski definition) is 0.